The molecule has 2 aliphatic heterocycles. The zero-order valence-electron chi connectivity index (χ0n) is 14.4. The normalized spacial score (nSPS) is 20.5. The second kappa shape index (κ2) is 9.25. The fourth-order valence-corrected chi connectivity index (χ4v) is 4.27. The maximum absolute atomic E-state index is 12.4. The summed E-state index contributed by atoms with van der Waals surface area (Å²) in [7, 11) is 0. The maximum atomic E-state index is 12.4. The van der Waals surface area contributed by atoms with Gasteiger partial charge in [0.15, 0.2) is 6.61 Å². The quantitative estimate of drug-likeness (QED) is 0.574. The lowest BCUT2D eigenvalue weighted by molar-refractivity contribution is -0.135. The van der Waals surface area contributed by atoms with Gasteiger partial charge in [-0.3, -0.25) is 4.79 Å². The zero-order chi connectivity index (χ0) is 17.5. The van der Waals surface area contributed by atoms with Crippen LogP contribution in [-0.4, -0.2) is 54.9 Å². The first-order valence-electron chi connectivity index (χ1n) is 9.02. The Morgan fingerprint density at radius 3 is 2.72 bits per heavy atom. The highest BCUT2D eigenvalue weighted by Gasteiger charge is 2.21. The summed E-state index contributed by atoms with van der Waals surface area (Å²) in [4.78, 5) is 27.2. The number of hydrogen-bond acceptors (Lipinski definition) is 5. The molecule has 3 rings (SSSR count). The first-order valence-corrected chi connectivity index (χ1v) is 10.0. The minimum Gasteiger partial charge on any atom is -0.452 e. The van der Waals surface area contributed by atoms with Crippen LogP contribution < -0.4 is 0 Å². The molecule has 6 heteroatoms. The van der Waals surface area contributed by atoms with Crippen molar-refractivity contribution in [1.29, 1.82) is 0 Å². The van der Waals surface area contributed by atoms with Gasteiger partial charge < -0.3 is 14.4 Å². The smallest absolute Gasteiger partial charge is 0.339 e. The van der Waals surface area contributed by atoms with Crippen molar-refractivity contribution in [2.75, 3.05) is 32.1 Å². The number of nitrogens with zero attached hydrogens (tertiary/aromatic N) is 1. The first-order chi connectivity index (χ1) is 12.2. The molecule has 0 saturated carbocycles. The van der Waals surface area contributed by atoms with Crippen molar-refractivity contribution in [3.63, 3.8) is 0 Å². The molecule has 5 nitrogen and oxygen atoms in total. The van der Waals surface area contributed by atoms with Crippen LogP contribution in [0.2, 0.25) is 0 Å². The summed E-state index contributed by atoms with van der Waals surface area (Å²) >= 11 is 1.61. The number of rotatable bonds is 6. The molecule has 0 radical (unpaired) electrons. The molecule has 0 bridgehead atoms. The highest BCUT2D eigenvalue weighted by atomic mass is 32.2. The summed E-state index contributed by atoms with van der Waals surface area (Å²) in [5.41, 5.74) is 0.525. The number of ether oxygens (including phenoxy) is 2. The van der Waals surface area contributed by atoms with Gasteiger partial charge in [0, 0.05) is 30.3 Å². The standard InChI is InChI=1S/C19H25NO4S/c21-18(20-10-4-1-5-11-20)13-24-19(22)16-8-2-3-9-17(16)25-14-15-7-6-12-23-15/h2-3,8-9,15H,1,4-7,10-14H2. The third kappa shape index (κ3) is 5.22. The molecule has 1 aromatic carbocycles. The monoisotopic (exact) mass is 363 g/mol. The van der Waals surface area contributed by atoms with E-state index in [2.05, 4.69) is 0 Å². The van der Waals surface area contributed by atoms with Gasteiger partial charge in [-0.2, -0.15) is 0 Å². The molecule has 0 aliphatic carbocycles. The summed E-state index contributed by atoms with van der Waals surface area (Å²) in [5, 5.41) is 0. The van der Waals surface area contributed by atoms with Gasteiger partial charge in [0.25, 0.3) is 5.91 Å². The number of carbonyl (C=O) groups is 2. The van der Waals surface area contributed by atoms with Gasteiger partial charge in [-0.05, 0) is 44.2 Å². The number of amides is 1. The van der Waals surface area contributed by atoms with E-state index in [1.165, 1.54) is 6.42 Å². The Balaban J connectivity index is 1.53. The van der Waals surface area contributed by atoms with Crippen LogP contribution in [0.3, 0.4) is 0 Å². The van der Waals surface area contributed by atoms with Gasteiger partial charge in [-0.25, -0.2) is 4.79 Å². The third-order valence-corrected chi connectivity index (χ3v) is 5.80. The van der Waals surface area contributed by atoms with Gasteiger partial charge >= 0.3 is 5.97 Å². The van der Waals surface area contributed by atoms with Crippen LogP contribution in [0.1, 0.15) is 42.5 Å². The number of carbonyl (C=O) groups excluding carboxylic acids is 2. The Bertz CT molecular complexity index is 595. The Labute approximate surface area is 153 Å². The highest BCUT2D eigenvalue weighted by Crippen LogP contribution is 2.27. The SMILES string of the molecule is O=C(OCC(=O)N1CCCCC1)c1ccccc1SCC1CCCO1. The van der Waals surface area contributed by atoms with E-state index in [-0.39, 0.29) is 18.6 Å². The predicted octanol–water partition coefficient (Wildman–Crippen LogP) is 3.13. The number of likely N-dealkylation sites (tertiary alicyclic amines) is 1. The van der Waals surface area contributed by atoms with E-state index in [4.69, 9.17) is 9.47 Å². The van der Waals surface area contributed by atoms with Crippen LogP contribution in [0, 0.1) is 0 Å². The molecule has 136 valence electrons. The predicted molar refractivity (Wildman–Crippen MR) is 96.9 cm³/mol. The fourth-order valence-electron chi connectivity index (χ4n) is 3.16. The van der Waals surface area contributed by atoms with Crippen molar-refractivity contribution in [3.8, 4) is 0 Å². The van der Waals surface area contributed by atoms with E-state index in [0.717, 1.165) is 56.0 Å². The van der Waals surface area contributed by atoms with Crippen molar-refractivity contribution in [3.05, 3.63) is 29.8 Å². The Hall–Kier alpha value is -1.53. The molecule has 2 saturated heterocycles. The molecule has 2 fully saturated rings. The summed E-state index contributed by atoms with van der Waals surface area (Å²) in [6.07, 6.45) is 5.66. The third-order valence-electron chi connectivity index (χ3n) is 4.59. The lowest BCUT2D eigenvalue weighted by Gasteiger charge is -2.26. The van der Waals surface area contributed by atoms with E-state index in [1.54, 1.807) is 22.7 Å². The summed E-state index contributed by atoms with van der Waals surface area (Å²) in [6, 6.07) is 7.40. The van der Waals surface area contributed by atoms with E-state index in [1.807, 2.05) is 18.2 Å². The number of benzene rings is 1. The average molecular weight is 363 g/mol. The molecule has 1 unspecified atom stereocenters. The molecule has 2 heterocycles. The average Bonchev–Trinajstić information content (AvgIpc) is 3.18. The summed E-state index contributed by atoms with van der Waals surface area (Å²) in [6.45, 7) is 2.19. The van der Waals surface area contributed by atoms with Crippen molar-refractivity contribution in [2.45, 2.75) is 43.1 Å². The van der Waals surface area contributed by atoms with Gasteiger partial charge in [0.1, 0.15) is 0 Å². The van der Waals surface area contributed by atoms with Crippen LogP contribution in [0.4, 0.5) is 0 Å². The van der Waals surface area contributed by atoms with Gasteiger partial charge in [-0.1, -0.05) is 12.1 Å². The fraction of sp³-hybridized carbons (Fsp3) is 0.579. The molecule has 1 amide bonds. The Morgan fingerprint density at radius 2 is 1.96 bits per heavy atom. The second-order valence-electron chi connectivity index (χ2n) is 6.46. The molecule has 0 N–H and O–H groups in total. The number of esters is 1. The molecule has 1 atom stereocenters. The van der Waals surface area contributed by atoms with E-state index >= 15 is 0 Å². The minimum atomic E-state index is -0.430. The molecular formula is C19H25NO4S. The first kappa shape index (κ1) is 18.3. The lowest BCUT2D eigenvalue weighted by atomic mass is 10.1. The van der Waals surface area contributed by atoms with Crippen LogP contribution in [-0.2, 0) is 14.3 Å². The zero-order valence-corrected chi connectivity index (χ0v) is 15.3. The maximum Gasteiger partial charge on any atom is 0.339 e. The van der Waals surface area contributed by atoms with Crippen LogP contribution in [0.5, 0.6) is 0 Å². The summed E-state index contributed by atoms with van der Waals surface area (Å²) < 4.78 is 10.9. The molecule has 0 spiro atoms. The van der Waals surface area contributed by atoms with Crippen molar-refractivity contribution < 1.29 is 19.1 Å². The lowest BCUT2D eigenvalue weighted by Crippen LogP contribution is -2.38. The largest absolute Gasteiger partial charge is 0.452 e. The van der Waals surface area contributed by atoms with E-state index in [9.17, 15) is 9.59 Å². The summed E-state index contributed by atoms with van der Waals surface area (Å²) in [5.74, 6) is 0.301. The Morgan fingerprint density at radius 1 is 1.16 bits per heavy atom. The van der Waals surface area contributed by atoms with Gasteiger partial charge in [0.05, 0.1) is 11.7 Å². The van der Waals surface area contributed by atoms with E-state index in [0.29, 0.717) is 5.56 Å². The van der Waals surface area contributed by atoms with Crippen LogP contribution in [0.25, 0.3) is 0 Å². The van der Waals surface area contributed by atoms with E-state index < -0.39 is 5.97 Å². The van der Waals surface area contributed by atoms with Crippen LogP contribution in [0.15, 0.2) is 29.2 Å². The van der Waals surface area contributed by atoms with Crippen molar-refractivity contribution in [1.82, 2.24) is 4.90 Å². The van der Waals surface area contributed by atoms with Crippen LogP contribution >= 0.6 is 11.8 Å². The molecule has 0 aromatic heterocycles. The Kier molecular flexibility index (Phi) is 6.76. The molecule has 25 heavy (non-hydrogen) atoms. The molecule has 1 aromatic rings. The number of hydrogen-bond donors (Lipinski definition) is 0. The second-order valence-corrected chi connectivity index (χ2v) is 7.52. The minimum absolute atomic E-state index is 0.0995. The van der Waals surface area contributed by atoms with Gasteiger partial charge in [0.2, 0.25) is 0 Å². The molecule has 2 aliphatic rings. The van der Waals surface area contributed by atoms with Crippen molar-refractivity contribution >= 4 is 23.6 Å². The molecular weight excluding hydrogens is 338 g/mol. The van der Waals surface area contributed by atoms with Crippen molar-refractivity contribution in [2.24, 2.45) is 0 Å². The highest BCUT2D eigenvalue weighted by molar-refractivity contribution is 7.99. The van der Waals surface area contributed by atoms with Gasteiger partial charge in [-0.15, -0.1) is 11.8 Å². The topological polar surface area (TPSA) is 55.8 Å². The number of thioether (sulfide) groups is 1. The number of piperidine rings is 1.